The van der Waals surface area contributed by atoms with Crippen LogP contribution in [0.15, 0.2) is 0 Å². The van der Waals surface area contributed by atoms with Crippen LogP contribution in [-0.2, 0) is 0 Å². The van der Waals surface area contributed by atoms with Crippen LogP contribution in [-0.4, -0.2) is 65.5 Å². The molecule has 2 aliphatic rings. The van der Waals surface area contributed by atoms with Crippen LogP contribution in [0, 0.1) is 0 Å². The van der Waals surface area contributed by atoms with E-state index in [0.717, 1.165) is 26.2 Å². The largest absolute Gasteiger partial charge is 0.325 e. The summed E-state index contributed by atoms with van der Waals surface area (Å²) in [6, 6.07) is 0.476. The molecule has 4 nitrogen and oxygen atoms in total. The number of hydrogen-bond donors (Lipinski definition) is 0. The fourth-order valence-corrected chi connectivity index (χ4v) is 2.73. The fraction of sp³-hybridized carbons (Fsp3) is 0.933. The van der Waals surface area contributed by atoms with Crippen molar-refractivity contribution in [3.05, 3.63) is 0 Å². The van der Waals surface area contributed by atoms with Crippen molar-refractivity contribution >= 4 is 6.03 Å². The predicted molar refractivity (Wildman–Crippen MR) is 80.4 cm³/mol. The van der Waals surface area contributed by atoms with Crippen molar-refractivity contribution in [3.8, 4) is 0 Å². The average molecular weight is 269 g/mol. The van der Waals surface area contributed by atoms with Gasteiger partial charge in [0.15, 0.2) is 0 Å². The van der Waals surface area contributed by atoms with E-state index in [1.807, 2.05) is 30.7 Å². The second-order valence-corrected chi connectivity index (χ2v) is 5.71. The van der Waals surface area contributed by atoms with Crippen molar-refractivity contribution in [2.45, 2.75) is 59.0 Å². The van der Waals surface area contributed by atoms with Gasteiger partial charge in [0.25, 0.3) is 0 Å². The van der Waals surface area contributed by atoms with Crippen LogP contribution in [0.3, 0.4) is 0 Å². The maximum absolute atomic E-state index is 12.3. The number of urea groups is 1. The van der Waals surface area contributed by atoms with E-state index in [2.05, 4.69) is 25.7 Å². The maximum atomic E-state index is 12.3. The van der Waals surface area contributed by atoms with Gasteiger partial charge in [-0.1, -0.05) is 20.8 Å². The molecule has 0 aromatic carbocycles. The van der Waals surface area contributed by atoms with Gasteiger partial charge in [0, 0.05) is 38.3 Å². The minimum atomic E-state index is 0.196. The van der Waals surface area contributed by atoms with Crippen molar-refractivity contribution in [2.75, 3.05) is 33.2 Å². The molecule has 1 saturated carbocycles. The molecule has 0 atom stereocenters. The molecule has 0 aromatic rings. The van der Waals surface area contributed by atoms with E-state index < -0.39 is 0 Å². The fourth-order valence-electron chi connectivity index (χ4n) is 2.73. The molecule has 2 amide bonds. The summed E-state index contributed by atoms with van der Waals surface area (Å²) < 4.78 is 0. The molecule has 112 valence electrons. The molecule has 1 spiro atoms. The predicted octanol–water partition coefficient (Wildman–Crippen LogP) is 2.64. The Morgan fingerprint density at radius 3 is 2.26 bits per heavy atom. The first-order valence-corrected chi connectivity index (χ1v) is 7.77. The number of rotatable bonds is 2. The van der Waals surface area contributed by atoms with E-state index in [1.165, 1.54) is 12.8 Å². The summed E-state index contributed by atoms with van der Waals surface area (Å²) >= 11 is 0. The highest BCUT2D eigenvalue weighted by atomic mass is 16.2. The minimum absolute atomic E-state index is 0.196. The monoisotopic (exact) mass is 269 g/mol. The van der Waals surface area contributed by atoms with Gasteiger partial charge in [0.2, 0.25) is 0 Å². The molecule has 1 aliphatic heterocycles. The lowest BCUT2D eigenvalue weighted by Gasteiger charge is -2.43. The van der Waals surface area contributed by atoms with E-state index in [0.29, 0.717) is 5.54 Å². The van der Waals surface area contributed by atoms with E-state index in [4.69, 9.17) is 0 Å². The molecule has 0 bridgehead atoms. The van der Waals surface area contributed by atoms with Crippen LogP contribution in [0.25, 0.3) is 0 Å². The molecule has 1 aliphatic carbocycles. The molecule has 0 unspecified atom stereocenters. The van der Waals surface area contributed by atoms with Crippen molar-refractivity contribution in [2.24, 2.45) is 0 Å². The lowest BCUT2D eigenvalue weighted by atomic mass is 10.1. The number of likely N-dealkylation sites (N-methyl/N-ethyl adjacent to an activating group) is 1. The zero-order chi connectivity index (χ0) is 14.6. The second-order valence-electron chi connectivity index (χ2n) is 5.71. The third-order valence-electron chi connectivity index (χ3n) is 4.35. The molecule has 0 radical (unpaired) electrons. The summed E-state index contributed by atoms with van der Waals surface area (Å²) in [5.41, 5.74) is 0.334. The molecule has 2 rings (SSSR count). The van der Waals surface area contributed by atoms with Gasteiger partial charge < -0.3 is 9.80 Å². The second kappa shape index (κ2) is 6.60. The molecule has 0 N–H and O–H groups in total. The summed E-state index contributed by atoms with van der Waals surface area (Å²) in [4.78, 5) is 18.7. The van der Waals surface area contributed by atoms with Gasteiger partial charge in [-0.05, 0) is 33.2 Å². The van der Waals surface area contributed by atoms with E-state index in [1.54, 1.807) is 0 Å². The first-order chi connectivity index (χ1) is 9.00. The lowest BCUT2D eigenvalue weighted by molar-refractivity contribution is 0.0653. The van der Waals surface area contributed by atoms with Gasteiger partial charge in [-0.2, -0.15) is 0 Å². The Labute approximate surface area is 118 Å². The number of carbonyl (C=O) groups is 1. The number of hydrogen-bond acceptors (Lipinski definition) is 2. The Bertz CT molecular complexity index is 300. The molecule has 1 saturated heterocycles. The molecule has 19 heavy (non-hydrogen) atoms. The summed E-state index contributed by atoms with van der Waals surface area (Å²) in [5, 5.41) is 0. The van der Waals surface area contributed by atoms with Crippen LogP contribution in [0.1, 0.15) is 47.5 Å². The van der Waals surface area contributed by atoms with Crippen LogP contribution < -0.4 is 0 Å². The number of carbonyl (C=O) groups excluding carboxylic acids is 1. The zero-order valence-corrected chi connectivity index (χ0v) is 13.6. The van der Waals surface area contributed by atoms with Gasteiger partial charge in [0.05, 0.1) is 0 Å². The highest BCUT2D eigenvalue weighted by molar-refractivity contribution is 5.74. The number of piperazine rings is 1. The minimum Gasteiger partial charge on any atom is -0.325 e. The first-order valence-electron chi connectivity index (χ1n) is 7.77. The van der Waals surface area contributed by atoms with Gasteiger partial charge in [-0.15, -0.1) is 0 Å². The lowest BCUT2D eigenvalue weighted by Crippen LogP contribution is -2.58. The zero-order valence-electron chi connectivity index (χ0n) is 13.6. The summed E-state index contributed by atoms with van der Waals surface area (Å²) in [6.07, 6.45) is 2.52. The molecule has 2 fully saturated rings. The van der Waals surface area contributed by atoms with E-state index in [-0.39, 0.29) is 12.1 Å². The van der Waals surface area contributed by atoms with Crippen molar-refractivity contribution in [3.63, 3.8) is 0 Å². The highest BCUT2D eigenvalue weighted by Gasteiger charge is 2.51. The Morgan fingerprint density at radius 2 is 1.84 bits per heavy atom. The third-order valence-corrected chi connectivity index (χ3v) is 4.35. The normalized spacial score (nSPS) is 21.1. The quantitative estimate of drug-likeness (QED) is 0.770. The smallest absolute Gasteiger partial charge is 0.320 e. The van der Waals surface area contributed by atoms with Crippen molar-refractivity contribution < 1.29 is 4.79 Å². The average Bonchev–Trinajstić information content (AvgIpc) is 3.19. The van der Waals surface area contributed by atoms with E-state index in [9.17, 15) is 4.79 Å². The summed E-state index contributed by atoms with van der Waals surface area (Å²) in [5.74, 6) is 0. The molecule has 4 heteroatoms. The Kier molecular flexibility index (Phi) is 5.65. The topological polar surface area (TPSA) is 26.8 Å². The number of amides is 2. The first kappa shape index (κ1) is 16.3. The van der Waals surface area contributed by atoms with Gasteiger partial charge in [0.1, 0.15) is 0 Å². The van der Waals surface area contributed by atoms with Crippen LogP contribution in [0.5, 0.6) is 0 Å². The Morgan fingerprint density at radius 1 is 1.26 bits per heavy atom. The Hall–Kier alpha value is -0.770. The third kappa shape index (κ3) is 3.41. The summed E-state index contributed by atoms with van der Waals surface area (Å²) in [6.45, 7) is 14.3. The van der Waals surface area contributed by atoms with Crippen LogP contribution >= 0.6 is 0 Å². The van der Waals surface area contributed by atoms with Crippen molar-refractivity contribution in [1.82, 2.24) is 14.7 Å². The number of nitrogens with zero attached hydrogens (tertiary/aromatic N) is 3. The van der Waals surface area contributed by atoms with Crippen LogP contribution in [0.4, 0.5) is 4.79 Å². The van der Waals surface area contributed by atoms with E-state index >= 15 is 0 Å². The molecule has 1 heterocycles. The summed E-state index contributed by atoms with van der Waals surface area (Å²) in [7, 11) is 1.90. The maximum Gasteiger partial charge on any atom is 0.320 e. The Balaban J connectivity index is 0.000000861. The van der Waals surface area contributed by atoms with Gasteiger partial charge in [-0.3, -0.25) is 4.90 Å². The van der Waals surface area contributed by atoms with Crippen molar-refractivity contribution in [1.29, 1.82) is 0 Å². The molecular weight excluding hydrogens is 238 g/mol. The van der Waals surface area contributed by atoms with Crippen LogP contribution in [0.2, 0.25) is 0 Å². The standard InChI is InChI=1S/C13H25N3O.C2H6/c1-5-16-9-8-15(10-13(16)6-7-13)12(17)14(4)11(2)3;1-2/h11H,5-10H2,1-4H3;1-2H3. The molecular formula is C15H31N3O. The molecule has 0 aromatic heterocycles. The van der Waals surface area contributed by atoms with Gasteiger partial charge in [-0.25, -0.2) is 4.79 Å². The highest BCUT2D eigenvalue weighted by Crippen LogP contribution is 2.44. The SMILES string of the molecule is CC.CCN1CCN(C(=O)N(C)C(C)C)CC12CC2. The van der Waals surface area contributed by atoms with Gasteiger partial charge >= 0.3 is 6.03 Å².